The number of piperazine rings is 1. The molecular formula is C19H19FN6O4S. The number of benzene rings is 1. The zero-order valence-electron chi connectivity index (χ0n) is 16.6. The van der Waals surface area contributed by atoms with Crippen LogP contribution in [0.15, 0.2) is 34.6 Å². The number of anilines is 2. The minimum Gasteiger partial charge on any atom is -0.367 e. The Morgan fingerprint density at radius 1 is 1.29 bits per heavy atom. The Labute approximate surface area is 179 Å². The summed E-state index contributed by atoms with van der Waals surface area (Å²) < 4.78 is 16.1. The summed E-state index contributed by atoms with van der Waals surface area (Å²) in [5.74, 6) is -1.19. The number of nitro groups is 1. The first-order valence-corrected chi connectivity index (χ1v) is 10.4. The SMILES string of the molecule is CC(=O)Nc1cc(N2CCN(Cc3cc(=O)n4ccsc4n3)CC2)c(F)cc1[N+](=O)[O-]. The number of carbonyl (C=O) groups excluding carboxylic acids is 1. The van der Waals surface area contributed by atoms with Gasteiger partial charge in [0, 0.05) is 57.3 Å². The predicted molar refractivity (Wildman–Crippen MR) is 114 cm³/mol. The molecule has 0 unspecified atom stereocenters. The molecule has 0 saturated carbocycles. The molecule has 162 valence electrons. The molecule has 0 radical (unpaired) electrons. The van der Waals surface area contributed by atoms with Crippen LogP contribution in [0, 0.1) is 15.9 Å². The van der Waals surface area contributed by atoms with Crippen LogP contribution < -0.4 is 15.8 Å². The quantitative estimate of drug-likeness (QED) is 0.472. The molecule has 31 heavy (non-hydrogen) atoms. The van der Waals surface area contributed by atoms with Gasteiger partial charge in [0.1, 0.15) is 5.69 Å². The average molecular weight is 446 g/mol. The van der Waals surface area contributed by atoms with Crippen molar-refractivity contribution in [1.82, 2.24) is 14.3 Å². The van der Waals surface area contributed by atoms with E-state index in [1.54, 1.807) is 16.5 Å². The highest BCUT2D eigenvalue weighted by Gasteiger charge is 2.25. The number of thiazole rings is 1. The molecule has 3 heterocycles. The van der Waals surface area contributed by atoms with Crippen LogP contribution in [0.1, 0.15) is 12.6 Å². The molecule has 3 aromatic rings. The zero-order chi connectivity index (χ0) is 22.1. The van der Waals surface area contributed by atoms with Gasteiger partial charge < -0.3 is 10.2 Å². The number of rotatable bonds is 5. The Kier molecular flexibility index (Phi) is 5.65. The van der Waals surface area contributed by atoms with Crippen molar-refractivity contribution in [3.05, 3.63) is 61.8 Å². The van der Waals surface area contributed by atoms with Crippen molar-refractivity contribution in [1.29, 1.82) is 0 Å². The number of hydrogen-bond acceptors (Lipinski definition) is 8. The van der Waals surface area contributed by atoms with E-state index in [0.717, 1.165) is 6.07 Å². The maximum absolute atomic E-state index is 14.6. The first-order chi connectivity index (χ1) is 14.8. The molecule has 1 saturated heterocycles. The molecule has 1 aromatic carbocycles. The molecule has 10 nitrogen and oxygen atoms in total. The lowest BCUT2D eigenvalue weighted by Gasteiger charge is -2.36. The van der Waals surface area contributed by atoms with Gasteiger partial charge in [0.25, 0.3) is 11.2 Å². The van der Waals surface area contributed by atoms with E-state index < -0.39 is 22.3 Å². The van der Waals surface area contributed by atoms with Gasteiger partial charge in [-0.05, 0) is 6.07 Å². The lowest BCUT2D eigenvalue weighted by Crippen LogP contribution is -2.46. The van der Waals surface area contributed by atoms with Gasteiger partial charge in [-0.2, -0.15) is 0 Å². The van der Waals surface area contributed by atoms with E-state index in [1.165, 1.54) is 34.8 Å². The number of nitro benzene ring substituents is 1. The number of halogens is 1. The molecule has 0 atom stereocenters. The minimum absolute atomic E-state index is 0.0368. The molecule has 1 aliphatic rings. The van der Waals surface area contributed by atoms with Crippen molar-refractivity contribution in [3.8, 4) is 0 Å². The largest absolute Gasteiger partial charge is 0.367 e. The summed E-state index contributed by atoms with van der Waals surface area (Å²) in [6.07, 6.45) is 1.69. The fourth-order valence-corrected chi connectivity index (χ4v) is 4.32. The maximum atomic E-state index is 14.6. The van der Waals surface area contributed by atoms with Crippen molar-refractivity contribution in [2.75, 3.05) is 36.4 Å². The summed E-state index contributed by atoms with van der Waals surface area (Å²) in [5, 5.41) is 15.4. The van der Waals surface area contributed by atoms with Crippen molar-refractivity contribution >= 4 is 39.3 Å². The molecule has 1 amide bonds. The van der Waals surface area contributed by atoms with Gasteiger partial charge >= 0.3 is 0 Å². The van der Waals surface area contributed by atoms with Gasteiger partial charge in [-0.25, -0.2) is 9.37 Å². The highest BCUT2D eigenvalue weighted by atomic mass is 32.1. The Morgan fingerprint density at radius 2 is 2.03 bits per heavy atom. The number of nitrogens with one attached hydrogen (secondary N) is 1. The predicted octanol–water partition coefficient (Wildman–Crippen LogP) is 2.08. The number of carbonyl (C=O) groups is 1. The van der Waals surface area contributed by atoms with Gasteiger partial charge in [-0.3, -0.25) is 29.0 Å². The second kappa shape index (κ2) is 8.40. The average Bonchev–Trinajstić information content (AvgIpc) is 3.18. The summed E-state index contributed by atoms with van der Waals surface area (Å²) in [5.41, 5.74) is 0.223. The third-order valence-electron chi connectivity index (χ3n) is 5.03. The molecular weight excluding hydrogens is 427 g/mol. The Morgan fingerprint density at radius 3 is 2.71 bits per heavy atom. The van der Waals surface area contributed by atoms with Crippen LogP contribution >= 0.6 is 11.3 Å². The molecule has 0 bridgehead atoms. The van der Waals surface area contributed by atoms with Crippen LogP contribution in [-0.4, -0.2) is 51.3 Å². The van der Waals surface area contributed by atoms with E-state index in [0.29, 0.717) is 43.4 Å². The Hall–Kier alpha value is -3.38. The highest BCUT2D eigenvalue weighted by Crippen LogP contribution is 2.33. The molecule has 1 N–H and O–H groups in total. The third kappa shape index (κ3) is 4.39. The van der Waals surface area contributed by atoms with E-state index in [2.05, 4.69) is 15.2 Å². The highest BCUT2D eigenvalue weighted by molar-refractivity contribution is 7.15. The van der Waals surface area contributed by atoms with E-state index in [-0.39, 0.29) is 16.9 Å². The summed E-state index contributed by atoms with van der Waals surface area (Å²) in [6, 6.07) is 3.65. The monoisotopic (exact) mass is 446 g/mol. The van der Waals surface area contributed by atoms with Crippen LogP contribution in [0.25, 0.3) is 4.96 Å². The van der Waals surface area contributed by atoms with E-state index in [4.69, 9.17) is 0 Å². The second-order valence-corrected chi connectivity index (χ2v) is 8.04. The van der Waals surface area contributed by atoms with Gasteiger partial charge in [-0.1, -0.05) is 0 Å². The number of amides is 1. The molecule has 0 aliphatic carbocycles. The number of aromatic nitrogens is 2. The Balaban J connectivity index is 1.48. The maximum Gasteiger partial charge on any atom is 0.295 e. The fourth-order valence-electron chi connectivity index (χ4n) is 3.58. The summed E-state index contributed by atoms with van der Waals surface area (Å²) in [4.78, 5) is 43.0. The van der Waals surface area contributed by atoms with Gasteiger partial charge in [0.2, 0.25) is 5.91 Å². The first-order valence-electron chi connectivity index (χ1n) is 9.50. The van der Waals surface area contributed by atoms with Crippen LogP contribution in [0.2, 0.25) is 0 Å². The summed E-state index contributed by atoms with van der Waals surface area (Å²) in [6.45, 7) is 3.88. The van der Waals surface area contributed by atoms with Crippen LogP contribution in [0.3, 0.4) is 0 Å². The lowest BCUT2D eigenvalue weighted by molar-refractivity contribution is -0.384. The molecule has 12 heteroatoms. The number of fused-ring (bicyclic) bond motifs is 1. The van der Waals surface area contributed by atoms with Gasteiger partial charge in [0.15, 0.2) is 10.8 Å². The standard InChI is InChI=1S/C19H19FN6O4S/c1-12(27)21-15-10-16(14(20)9-17(15)26(29)30)24-4-2-23(3-5-24)11-13-8-18(28)25-6-7-31-19(25)22-13/h6-10H,2-5,11H2,1H3,(H,21,27). The van der Waals surface area contributed by atoms with Crippen LogP contribution in [-0.2, 0) is 11.3 Å². The van der Waals surface area contributed by atoms with Gasteiger partial charge in [-0.15, -0.1) is 11.3 Å². The fraction of sp³-hybridized carbons (Fsp3) is 0.316. The molecule has 0 spiro atoms. The molecule has 4 rings (SSSR count). The molecule has 1 fully saturated rings. The van der Waals surface area contributed by atoms with E-state index in [9.17, 15) is 24.1 Å². The number of nitrogens with zero attached hydrogens (tertiary/aromatic N) is 5. The normalized spacial score (nSPS) is 14.7. The lowest BCUT2D eigenvalue weighted by atomic mass is 10.2. The molecule has 2 aromatic heterocycles. The topological polar surface area (TPSA) is 113 Å². The van der Waals surface area contributed by atoms with Gasteiger partial charge in [0.05, 0.1) is 22.4 Å². The minimum atomic E-state index is -0.726. The molecule has 1 aliphatic heterocycles. The second-order valence-electron chi connectivity index (χ2n) is 7.16. The van der Waals surface area contributed by atoms with Crippen LogP contribution in [0.4, 0.5) is 21.5 Å². The van der Waals surface area contributed by atoms with E-state index in [1.807, 2.05) is 0 Å². The number of hydrogen-bond donors (Lipinski definition) is 1. The van der Waals surface area contributed by atoms with Crippen LogP contribution in [0.5, 0.6) is 0 Å². The van der Waals surface area contributed by atoms with E-state index >= 15 is 0 Å². The summed E-state index contributed by atoms with van der Waals surface area (Å²) in [7, 11) is 0. The third-order valence-corrected chi connectivity index (χ3v) is 5.78. The zero-order valence-corrected chi connectivity index (χ0v) is 17.4. The van der Waals surface area contributed by atoms with Crippen molar-refractivity contribution in [2.45, 2.75) is 13.5 Å². The van der Waals surface area contributed by atoms with Crippen molar-refractivity contribution in [3.63, 3.8) is 0 Å². The summed E-state index contributed by atoms with van der Waals surface area (Å²) >= 11 is 1.39. The smallest absolute Gasteiger partial charge is 0.295 e. The first kappa shape index (κ1) is 20.9. The van der Waals surface area contributed by atoms with Crippen molar-refractivity contribution in [2.24, 2.45) is 0 Å². The Bertz CT molecular complexity index is 1220. The van der Waals surface area contributed by atoms with Crippen molar-refractivity contribution < 1.29 is 14.1 Å².